The van der Waals surface area contributed by atoms with Gasteiger partial charge in [0, 0.05) is 13.2 Å². The van der Waals surface area contributed by atoms with Gasteiger partial charge in [0.15, 0.2) is 5.65 Å². The van der Waals surface area contributed by atoms with E-state index < -0.39 is 5.82 Å². The molecule has 1 N–H and O–H groups in total. The summed E-state index contributed by atoms with van der Waals surface area (Å²) in [6, 6.07) is 7.39. The van der Waals surface area contributed by atoms with Gasteiger partial charge in [-0.05, 0) is 30.3 Å². The van der Waals surface area contributed by atoms with Crippen LogP contribution in [0.1, 0.15) is 0 Å². The Morgan fingerprint density at radius 1 is 1.28 bits per heavy atom. The highest BCUT2D eigenvalue weighted by Crippen LogP contribution is 2.30. The van der Waals surface area contributed by atoms with Crippen molar-refractivity contribution < 1.29 is 9.50 Å². The van der Waals surface area contributed by atoms with Crippen molar-refractivity contribution in [2.24, 2.45) is 7.05 Å². The molecule has 0 aliphatic rings. The van der Waals surface area contributed by atoms with Gasteiger partial charge >= 0.3 is 0 Å². The normalized spacial score (nSPS) is 11.0. The van der Waals surface area contributed by atoms with Gasteiger partial charge in [0.25, 0.3) is 0 Å². The van der Waals surface area contributed by atoms with E-state index in [9.17, 15) is 9.50 Å². The van der Waals surface area contributed by atoms with E-state index in [1.54, 1.807) is 23.9 Å². The van der Waals surface area contributed by atoms with Crippen molar-refractivity contribution in [3.63, 3.8) is 0 Å². The standard InChI is InChI=1S/C13H10FN3O/c1-17-12(9-7-8(14)4-5-11(9)18)16-10-3-2-6-15-13(10)17/h2-7,18H,1H3. The number of benzene rings is 1. The average Bonchev–Trinajstić information content (AvgIpc) is 2.71. The first-order valence-corrected chi connectivity index (χ1v) is 5.43. The molecule has 5 heteroatoms. The molecule has 0 amide bonds. The molecule has 0 saturated carbocycles. The number of nitrogens with zero attached hydrogens (tertiary/aromatic N) is 3. The fraction of sp³-hybridized carbons (Fsp3) is 0.0769. The third-order valence-electron chi connectivity index (χ3n) is 2.83. The first-order valence-electron chi connectivity index (χ1n) is 5.43. The van der Waals surface area contributed by atoms with E-state index in [-0.39, 0.29) is 5.75 Å². The van der Waals surface area contributed by atoms with Crippen molar-refractivity contribution in [1.82, 2.24) is 14.5 Å². The Kier molecular flexibility index (Phi) is 2.26. The molecule has 0 aliphatic carbocycles. The van der Waals surface area contributed by atoms with Crippen LogP contribution in [0.15, 0.2) is 36.5 Å². The summed E-state index contributed by atoms with van der Waals surface area (Å²) in [7, 11) is 1.78. The van der Waals surface area contributed by atoms with Crippen LogP contribution < -0.4 is 0 Å². The lowest BCUT2D eigenvalue weighted by atomic mass is 10.2. The predicted octanol–water partition coefficient (Wildman–Crippen LogP) is 2.48. The van der Waals surface area contributed by atoms with Crippen LogP contribution in [-0.4, -0.2) is 19.6 Å². The molecule has 3 aromatic rings. The fourth-order valence-electron chi connectivity index (χ4n) is 1.95. The van der Waals surface area contributed by atoms with Gasteiger partial charge in [-0.15, -0.1) is 0 Å². The molecule has 0 saturated heterocycles. The van der Waals surface area contributed by atoms with E-state index in [0.717, 1.165) is 0 Å². The van der Waals surface area contributed by atoms with Gasteiger partial charge in [-0.3, -0.25) is 0 Å². The summed E-state index contributed by atoms with van der Waals surface area (Å²) in [6.07, 6.45) is 1.67. The summed E-state index contributed by atoms with van der Waals surface area (Å²) in [5, 5.41) is 9.80. The van der Waals surface area contributed by atoms with E-state index in [1.165, 1.54) is 18.2 Å². The third kappa shape index (κ3) is 1.52. The monoisotopic (exact) mass is 243 g/mol. The molecular weight excluding hydrogens is 233 g/mol. The topological polar surface area (TPSA) is 50.9 Å². The lowest BCUT2D eigenvalue weighted by molar-refractivity contribution is 0.474. The van der Waals surface area contributed by atoms with Crippen molar-refractivity contribution in [1.29, 1.82) is 0 Å². The number of imidazole rings is 1. The van der Waals surface area contributed by atoms with Crippen LogP contribution in [0.2, 0.25) is 0 Å². The Bertz CT molecular complexity index is 736. The molecule has 0 spiro atoms. The molecule has 4 nitrogen and oxygen atoms in total. The van der Waals surface area contributed by atoms with Crippen molar-refractivity contribution in [3.05, 3.63) is 42.3 Å². The summed E-state index contributed by atoms with van der Waals surface area (Å²) >= 11 is 0. The van der Waals surface area contributed by atoms with Crippen molar-refractivity contribution in [3.8, 4) is 17.1 Å². The Hall–Kier alpha value is -2.43. The quantitative estimate of drug-likeness (QED) is 0.714. The zero-order valence-corrected chi connectivity index (χ0v) is 9.63. The number of halogens is 1. The number of aryl methyl sites for hydroxylation is 1. The number of hydrogen-bond donors (Lipinski definition) is 1. The van der Waals surface area contributed by atoms with Crippen molar-refractivity contribution in [2.45, 2.75) is 0 Å². The molecule has 0 fully saturated rings. The maximum atomic E-state index is 13.3. The molecule has 2 aromatic heterocycles. The zero-order valence-electron chi connectivity index (χ0n) is 9.63. The highest BCUT2D eigenvalue weighted by atomic mass is 19.1. The molecule has 0 bridgehead atoms. The van der Waals surface area contributed by atoms with E-state index in [0.29, 0.717) is 22.6 Å². The lowest BCUT2D eigenvalue weighted by Crippen LogP contribution is -1.94. The Labute approximate surface area is 102 Å². The Morgan fingerprint density at radius 3 is 2.89 bits per heavy atom. The number of phenolic OH excluding ortho intramolecular Hbond substituents is 1. The Morgan fingerprint density at radius 2 is 2.11 bits per heavy atom. The van der Waals surface area contributed by atoms with Gasteiger partial charge < -0.3 is 9.67 Å². The molecule has 0 aliphatic heterocycles. The van der Waals surface area contributed by atoms with E-state index in [2.05, 4.69) is 9.97 Å². The van der Waals surface area contributed by atoms with Gasteiger partial charge in [0.1, 0.15) is 22.9 Å². The lowest BCUT2D eigenvalue weighted by Gasteiger charge is -2.04. The largest absolute Gasteiger partial charge is 0.507 e. The van der Waals surface area contributed by atoms with E-state index >= 15 is 0 Å². The summed E-state index contributed by atoms with van der Waals surface area (Å²) in [4.78, 5) is 8.56. The number of hydrogen-bond acceptors (Lipinski definition) is 3. The highest BCUT2D eigenvalue weighted by Gasteiger charge is 2.14. The maximum absolute atomic E-state index is 13.3. The predicted molar refractivity (Wildman–Crippen MR) is 65.6 cm³/mol. The highest BCUT2D eigenvalue weighted by molar-refractivity contribution is 5.78. The summed E-state index contributed by atoms with van der Waals surface area (Å²) < 4.78 is 15.0. The van der Waals surface area contributed by atoms with Crippen molar-refractivity contribution in [2.75, 3.05) is 0 Å². The molecule has 0 radical (unpaired) electrons. The second-order valence-electron chi connectivity index (χ2n) is 4.00. The first kappa shape index (κ1) is 10.7. The van der Waals surface area contributed by atoms with Crippen LogP contribution in [0.5, 0.6) is 5.75 Å². The maximum Gasteiger partial charge on any atom is 0.160 e. The summed E-state index contributed by atoms with van der Waals surface area (Å²) in [6.45, 7) is 0. The number of fused-ring (bicyclic) bond motifs is 1. The van der Waals surface area contributed by atoms with Gasteiger partial charge in [-0.1, -0.05) is 0 Å². The minimum absolute atomic E-state index is 0.00481. The van der Waals surface area contributed by atoms with Crippen LogP contribution in [-0.2, 0) is 7.05 Å². The molecule has 3 rings (SSSR count). The van der Waals surface area contributed by atoms with E-state index in [4.69, 9.17) is 0 Å². The van der Waals surface area contributed by atoms with E-state index in [1.807, 2.05) is 6.07 Å². The number of pyridine rings is 1. The number of rotatable bonds is 1. The Balaban J connectivity index is 2.31. The van der Waals surface area contributed by atoms with Gasteiger partial charge in [-0.2, -0.15) is 0 Å². The second kappa shape index (κ2) is 3.80. The van der Waals surface area contributed by atoms with Gasteiger partial charge in [0.2, 0.25) is 0 Å². The third-order valence-corrected chi connectivity index (χ3v) is 2.83. The molecule has 2 heterocycles. The van der Waals surface area contributed by atoms with Crippen LogP contribution in [0.3, 0.4) is 0 Å². The molecule has 18 heavy (non-hydrogen) atoms. The fourth-order valence-corrected chi connectivity index (χ4v) is 1.95. The molecular formula is C13H10FN3O. The van der Waals surface area contributed by atoms with Crippen molar-refractivity contribution >= 4 is 11.2 Å². The SMILES string of the molecule is Cn1c(-c2cc(F)ccc2O)nc2cccnc21. The molecule has 0 atom stereocenters. The number of aromatic hydroxyl groups is 1. The average molecular weight is 243 g/mol. The summed E-state index contributed by atoms with van der Waals surface area (Å²) in [5.41, 5.74) is 1.75. The first-order chi connectivity index (χ1) is 8.66. The van der Waals surface area contributed by atoms with Gasteiger partial charge in [-0.25, -0.2) is 14.4 Å². The molecule has 0 unspecified atom stereocenters. The summed E-state index contributed by atoms with van der Waals surface area (Å²) in [5.74, 6) is 0.0679. The number of aromatic nitrogens is 3. The minimum atomic E-state index is -0.414. The number of phenols is 1. The van der Waals surface area contributed by atoms with Crippen LogP contribution in [0, 0.1) is 5.82 Å². The van der Waals surface area contributed by atoms with Crippen LogP contribution >= 0.6 is 0 Å². The molecule has 1 aromatic carbocycles. The van der Waals surface area contributed by atoms with Crippen LogP contribution in [0.25, 0.3) is 22.6 Å². The molecule has 90 valence electrons. The van der Waals surface area contributed by atoms with Crippen LogP contribution in [0.4, 0.5) is 4.39 Å². The second-order valence-corrected chi connectivity index (χ2v) is 4.00. The minimum Gasteiger partial charge on any atom is -0.507 e. The zero-order chi connectivity index (χ0) is 12.7. The van der Waals surface area contributed by atoms with Gasteiger partial charge in [0.05, 0.1) is 5.56 Å². The smallest absolute Gasteiger partial charge is 0.160 e.